The number of halogens is 1. The third kappa shape index (κ3) is 5.77. The first-order valence-corrected chi connectivity index (χ1v) is 8.10. The molecule has 2 rings (SSSR count). The van der Waals surface area contributed by atoms with Crippen LogP contribution in [0, 0.1) is 11.7 Å². The number of nitrogens with one attached hydrogen (secondary N) is 1. The Labute approximate surface area is 151 Å². The van der Waals surface area contributed by atoms with E-state index in [4.69, 9.17) is 9.47 Å². The fourth-order valence-electron chi connectivity index (χ4n) is 1.99. The molecule has 2 aromatic rings. The zero-order valence-electron chi connectivity index (χ0n) is 14.9. The third-order valence-electron chi connectivity index (χ3n) is 3.30. The second-order valence-electron chi connectivity index (χ2n) is 6.05. The molecule has 26 heavy (non-hydrogen) atoms. The highest BCUT2D eigenvalue weighted by molar-refractivity contribution is 5.89. The van der Waals surface area contributed by atoms with Gasteiger partial charge in [-0.15, -0.1) is 0 Å². The van der Waals surface area contributed by atoms with Crippen molar-refractivity contribution in [3.05, 3.63) is 54.3 Å². The van der Waals surface area contributed by atoms with Gasteiger partial charge in [-0.25, -0.2) is 14.0 Å². The molecule has 0 bridgehead atoms. The number of rotatable bonds is 5. The number of benzene rings is 2. The first-order chi connectivity index (χ1) is 12.3. The van der Waals surface area contributed by atoms with Crippen LogP contribution in [-0.4, -0.2) is 25.8 Å². The van der Waals surface area contributed by atoms with E-state index in [2.05, 4.69) is 5.32 Å². The average Bonchev–Trinajstić information content (AvgIpc) is 2.59. The van der Waals surface area contributed by atoms with E-state index in [1.54, 1.807) is 24.3 Å². The van der Waals surface area contributed by atoms with Gasteiger partial charge >= 0.3 is 12.2 Å². The van der Waals surface area contributed by atoms with Crippen molar-refractivity contribution in [1.29, 1.82) is 0 Å². The molecule has 0 spiro atoms. The largest absolute Gasteiger partial charge is 0.449 e. The number of carbonyl (C=O) groups excluding carboxylic acids is 2. The molecule has 0 fully saturated rings. The van der Waals surface area contributed by atoms with Gasteiger partial charge in [0.25, 0.3) is 0 Å². The fraction of sp³-hybridized carbons (Fsp3) is 0.263. The summed E-state index contributed by atoms with van der Waals surface area (Å²) in [7, 11) is 1.47. The monoisotopic (exact) mass is 360 g/mol. The van der Waals surface area contributed by atoms with Crippen LogP contribution in [0.4, 0.5) is 25.4 Å². The minimum absolute atomic E-state index is 0.228. The maximum Gasteiger partial charge on any atom is 0.419 e. The van der Waals surface area contributed by atoms with Gasteiger partial charge in [0, 0.05) is 24.5 Å². The number of hydrogen-bond donors (Lipinski definition) is 1. The number of amides is 2. The molecule has 0 unspecified atom stereocenters. The third-order valence-corrected chi connectivity index (χ3v) is 3.30. The maximum atomic E-state index is 13.3. The molecule has 1 N–H and O–H groups in total. The summed E-state index contributed by atoms with van der Waals surface area (Å²) in [5, 5.41) is 2.56. The van der Waals surface area contributed by atoms with Crippen molar-refractivity contribution in [3.8, 4) is 5.75 Å². The van der Waals surface area contributed by atoms with Gasteiger partial charge in [0.1, 0.15) is 11.6 Å². The molecule has 2 aromatic carbocycles. The molecule has 0 aliphatic heterocycles. The molecular weight excluding hydrogens is 339 g/mol. The zero-order chi connectivity index (χ0) is 19.1. The number of hydrogen-bond acceptors (Lipinski definition) is 4. The van der Waals surface area contributed by atoms with Gasteiger partial charge in [0.05, 0.1) is 6.61 Å². The molecule has 7 heteroatoms. The average molecular weight is 360 g/mol. The highest BCUT2D eigenvalue weighted by Crippen LogP contribution is 2.20. The zero-order valence-corrected chi connectivity index (χ0v) is 14.9. The molecule has 138 valence electrons. The molecule has 0 heterocycles. The lowest BCUT2D eigenvalue weighted by Gasteiger charge is -2.17. The SMILES string of the molecule is CC(C)COC(=O)Nc1cccc(OC(=O)N(C)c2cccc(F)c2)c1. The predicted molar refractivity (Wildman–Crippen MR) is 97.1 cm³/mol. The second kappa shape index (κ2) is 8.84. The van der Waals surface area contributed by atoms with Gasteiger partial charge in [-0.2, -0.15) is 0 Å². The smallest absolute Gasteiger partial charge is 0.419 e. The molecule has 0 saturated carbocycles. The Morgan fingerprint density at radius 2 is 1.88 bits per heavy atom. The summed E-state index contributed by atoms with van der Waals surface area (Å²) in [6.45, 7) is 4.17. The van der Waals surface area contributed by atoms with Crippen LogP contribution in [0.2, 0.25) is 0 Å². The molecule has 0 atom stereocenters. The molecular formula is C19H21FN2O4. The number of anilines is 2. The summed E-state index contributed by atoms with van der Waals surface area (Å²) in [4.78, 5) is 25.1. The van der Waals surface area contributed by atoms with Crippen molar-refractivity contribution >= 4 is 23.6 Å². The Kier molecular flexibility index (Phi) is 6.54. The lowest BCUT2D eigenvalue weighted by molar-refractivity contribution is 0.147. The van der Waals surface area contributed by atoms with E-state index in [-0.39, 0.29) is 11.7 Å². The lowest BCUT2D eigenvalue weighted by atomic mass is 10.2. The summed E-state index contributed by atoms with van der Waals surface area (Å²) in [5.74, 6) is 0.0135. The Balaban J connectivity index is 1.99. The first kappa shape index (κ1) is 19.2. The summed E-state index contributed by atoms with van der Waals surface area (Å²) in [6.07, 6.45) is -1.27. The molecule has 6 nitrogen and oxygen atoms in total. The standard InChI is InChI=1S/C19H21FN2O4/c1-13(2)12-25-18(23)21-15-7-5-9-17(11-15)26-19(24)22(3)16-8-4-6-14(20)10-16/h4-11,13H,12H2,1-3H3,(H,21,23). The minimum Gasteiger partial charge on any atom is -0.449 e. The van der Waals surface area contributed by atoms with Gasteiger partial charge in [-0.1, -0.05) is 26.0 Å². The van der Waals surface area contributed by atoms with Crippen molar-refractivity contribution in [2.75, 3.05) is 23.9 Å². The normalized spacial score (nSPS) is 10.3. The van der Waals surface area contributed by atoms with Gasteiger partial charge in [0.15, 0.2) is 0 Å². The van der Waals surface area contributed by atoms with Gasteiger partial charge in [-0.3, -0.25) is 10.2 Å². The van der Waals surface area contributed by atoms with Crippen LogP contribution in [-0.2, 0) is 4.74 Å². The number of carbonyl (C=O) groups is 2. The maximum absolute atomic E-state index is 13.3. The second-order valence-corrected chi connectivity index (χ2v) is 6.05. The van der Waals surface area contributed by atoms with Crippen LogP contribution < -0.4 is 15.0 Å². The summed E-state index contributed by atoms with van der Waals surface area (Å²) < 4.78 is 23.6. The molecule has 0 radical (unpaired) electrons. The highest BCUT2D eigenvalue weighted by atomic mass is 19.1. The van der Waals surface area contributed by atoms with Crippen molar-refractivity contribution in [1.82, 2.24) is 0 Å². The van der Waals surface area contributed by atoms with Crippen molar-refractivity contribution in [2.24, 2.45) is 5.92 Å². The van der Waals surface area contributed by atoms with Crippen LogP contribution in [0.15, 0.2) is 48.5 Å². The van der Waals surface area contributed by atoms with Gasteiger partial charge < -0.3 is 9.47 Å². The molecule has 0 aliphatic rings. The van der Waals surface area contributed by atoms with Crippen LogP contribution >= 0.6 is 0 Å². The van der Waals surface area contributed by atoms with Crippen molar-refractivity contribution < 1.29 is 23.5 Å². The minimum atomic E-state index is -0.685. The molecule has 0 aliphatic carbocycles. The quantitative estimate of drug-likeness (QED) is 0.842. The molecule has 0 aromatic heterocycles. The highest BCUT2D eigenvalue weighted by Gasteiger charge is 2.14. The topological polar surface area (TPSA) is 67.9 Å². The molecule has 0 saturated heterocycles. The number of ether oxygens (including phenoxy) is 2. The predicted octanol–water partition coefficient (Wildman–Crippen LogP) is 4.67. The van der Waals surface area contributed by atoms with E-state index in [1.165, 1.54) is 36.2 Å². The van der Waals surface area contributed by atoms with Gasteiger partial charge in [-0.05, 0) is 36.2 Å². The Morgan fingerprint density at radius 3 is 2.58 bits per heavy atom. The van der Waals surface area contributed by atoms with E-state index in [0.717, 1.165) is 0 Å². The van der Waals surface area contributed by atoms with E-state index >= 15 is 0 Å². The Bertz CT molecular complexity index is 780. The van der Waals surface area contributed by atoms with Crippen LogP contribution in [0.3, 0.4) is 0 Å². The van der Waals surface area contributed by atoms with E-state index < -0.39 is 18.0 Å². The van der Waals surface area contributed by atoms with Gasteiger partial charge in [0.2, 0.25) is 0 Å². The van der Waals surface area contributed by atoms with Crippen LogP contribution in [0.1, 0.15) is 13.8 Å². The van der Waals surface area contributed by atoms with Crippen molar-refractivity contribution in [2.45, 2.75) is 13.8 Å². The van der Waals surface area contributed by atoms with Crippen molar-refractivity contribution in [3.63, 3.8) is 0 Å². The lowest BCUT2D eigenvalue weighted by Crippen LogP contribution is -2.29. The fourth-order valence-corrected chi connectivity index (χ4v) is 1.99. The van der Waals surface area contributed by atoms with Crippen LogP contribution in [0.25, 0.3) is 0 Å². The summed E-state index contributed by atoms with van der Waals surface area (Å²) in [6, 6.07) is 11.9. The van der Waals surface area contributed by atoms with Crippen LogP contribution in [0.5, 0.6) is 5.75 Å². The van der Waals surface area contributed by atoms with E-state index in [9.17, 15) is 14.0 Å². The first-order valence-electron chi connectivity index (χ1n) is 8.10. The summed E-state index contributed by atoms with van der Waals surface area (Å²) in [5.41, 5.74) is 0.791. The Morgan fingerprint density at radius 1 is 1.15 bits per heavy atom. The number of nitrogens with zero attached hydrogens (tertiary/aromatic N) is 1. The summed E-state index contributed by atoms with van der Waals surface area (Å²) >= 11 is 0. The van der Waals surface area contributed by atoms with E-state index in [0.29, 0.717) is 18.0 Å². The molecule has 2 amide bonds. The van der Waals surface area contributed by atoms with E-state index in [1.807, 2.05) is 13.8 Å². The Hall–Kier alpha value is -3.09.